The molecular weight excluding hydrogens is 245 g/mol. The summed E-state index contributed by atoms with van der Waals surface area (Å²) in [6.45, 7) is 3.39. The van der Waals surface area contributed by atoms with Crippen LogP contribution >= 0.6 is 0 Å². The van der Waals surface area contributed by atoms with Gasteiger partial charge >= 0.3 is 0 Å². The second-order valence-electron chi connectivity index (χ2n) is 4.33. The largest absolute Gasteiger partial charge is 0.454 e. The van der Waals surface area contributed by atoms with Gasteiger partial charge in [0, 0.05) is 6.54 Å². The molecule has 5 heteroatoms. The molecule has 0 bridgehead atoms. The van der Waals surface area contributed by atoms with Crippen molar-refractivity contribution < 1.29 is 9.13 Å². The Labute approximate surface area is 112 Å². The SMILES string of the molecule is CCCn1cc(Oc2ccc(F)cc2CCN)cn1. The minimum atomic E-state index is -0.280. The molecule has 1 heterocycles. The Balaban J connectivity index is 2.16. The molecule has 1 aromatic carbocycles. The molecule has 0 aliphatic heterocycles. The summed E-state index contributed by atoms with van der Waals surface area (Å²) in [7, 11) is 0. The van der Waals surface area contributed by atoms with Crippen LogP contribution in [0.1, 0.15) is 18.9 Å². The lowest BCUT2D eigenvalue weighted by Gasteiger charge is -2.09. The van der Waals surface area contributed by atoms with Gasteiger partial charge in [-0.1, -0.05) is 6.92 Å². The third kappa shape index (κ3) is 3.54. The summed E-state index contributed by atoms with van der Waals surface area (Å²) < 4.78 is 20.8. The van der Waals surface area contributed by atoms with E-state index in [0.29, 0.717) is 24.5 Å². The third-order valence-corrected chi connectivity index (χ3v) is 2.73. The molecule has 102 valence electrons. The minimum absolute atomic E-state index is 0.280. The first-order valence-electron chi connectivity index (χ1n) is 6.41. The highest BCUT2D eigenvalue weighted by Gasteiger charge is 2.07. The second kappa shape index (κ2) is 6.33. The van der Waals surface area contributed by atoms with Gasteiger partial charge in [-0.2, -0.15) is 5.10 Å². The molecule has 0 atom stereocenters. The van der Waals surface area contributed by atoms with Gasteiger partial charge in [0.2, 0.25) is 0 Å². The summed E-state index contributed by atoms with van der Waals surface area (Å²) in [5, 5.41) is 4.19. The zero-order valence-electron chi connectivity index (χ0n) is 11.0. The highest BCUT2D eigenvalue weighted by Crippen LogP contribution is 2.26. The monoisotopic (exact) mass is 263 g/mol. The van der Waals surface area contributed by atoms with Crippen LogP contribution < -0.4 is 10.5 Å². The Hall–Kier alpha value is -1.88. The number of benzene rings is 1. The van der Waals surface area contributed by atoms with Gasteiger partial charge in [0.25, 0.3) is 0 Å². The molecule has 0 saturated carbocycles. The predicted octanol–water partition coefficient (Wildman–Crippen LogP) is 2.73. The molecule has 2 rings (SSSR count). The van der Waals surface area contributed by atoms with Crippen LogP contribution in [-0.2, 0) is 13.0 Å². The van der Waals surface area contributed by atoms with Crippen molar-refractivity contribution in [1.82, 2.24) is 9.78 Å². The summed E-state index contributed by atoms with van der Waals surface area (Å²) in [5.41, 5.74) is 6.29. The fourth-order valence-electron chi connectivity index (χ4n) is 1.87. The summed E-state index contributed by atoms with van der Waals surface area (Å²) in [4.78, 5) is 0. The third-order valence-electron chi connectivity index (χ3n) is 2.73. The molecule has 0 aliphatic carbocycles. The summed E-state index contributed by atoms with van der Waals surface area (Å²) in [5.74, 6) is 0.999. The first-order valence-corrected chi connectivity index (χ1v) is 6.41. The molecule has 2 aromatic rings. The summed E-state index contributed by atoms with van der Waals surface area (Å²) >= 11 is 0. The number of nitrogens with two attached hydrogens (primary N) is 1. The number of aryl methyl sites for hydroxylation is 1. The fraction of sp³-hybridized carbons (Fsp3) is 0.357. The molecular formula is C14H18FN3O. The molecule has 2 N–H and O–H groups in total. The van der Waals surface area contributed by atoms with E-state index in [1.807, 2.05) is 10.9 Å². The van der Waals surface area contributed by atoms with Crippen molar-refractivity contribution in [2.45, 2.75) is 26.3 Å². The van der Waals surface area contributed by atoms with Gasteiger partial charge in [0.15, 0.2) is 5.75 Å². The predicted molar refractivity (Wildman–Crippen MR) is 71.8 cm³/mol. The Bertz CT molecular complexity index is 539. The maximum atomic E-state index is 13.2. The van der Waals surface area contributed by atoms with E-state index in [9.17, 15) is 4.39 Å². The molecule has 4 nitrogen and oxygen atoms in total. The van der Waals surface area contributed by atoms with Crippen molar-refractivity contribution in [3.63, 3.8) is 0 Å². The van der Waals surface area contributed by atoms with Crippen LogP contribution in [0, 0.1) is 5.82 Å². The van der Waals surface area contributed by atoms with Crippen LogP contribution in [0.2, 0.25) is 0 Å². The lowest BCUT2D eigenvalue weighted by molar-refractivity contribution is 0.472. The number of rotatable bonds is 6. The van der Waals surface area contributed by atoms with Crippen molar-refractivity contribution in [3.05, 3.63) is 42.0 Å². The van der Waals surface area contributed by atoms with E-state index < -0.39 is 0 Å². The van der Waals surface area contributed by atoms with E-state index in [0.717, 1.165) is 18.5 Å². The summed E-state index contributed by atoms with van der Waals surface area (Å²) in [6.07, 6.45) is 5.08. The first kappa shape index (κ1) is 13.5. The van der Waals surface area contributed by atoms with Crippen LogP contribution in [0.3, 0.4) is 0 Å². The lowest BCUT2D eigenvalue weighted by Crippen LogP contribution is -2.04. The standard InChI is InChI=1S/C14H18FN3O/c1-2-7-18-10-13(9-17-18)19-14-4-3-12(15)8-11(14)5-6-16/h3-4,8-10H,2,5-7,16H2,1H3. The quantitative estimate of drug-likeness (QED) is 0.871. The van der Waals surface area contributed by atoms with Crippen molar-refractivity contribution >= 4 is 0 Å². The van der Waals surface area contributed by atoms with Gasteiger partial charge in [0.1, 0.15) is 11.6 Å². The molecule has 0 aliphatic rings. The highest BCUT2D eigenvalue weighted by atomic mass is 19.1. The first-order chi connectivity index (χ1) is 9.22. The number of aromatic nitrogens is 2. The van der Waals surface area contributed by atoms with Gasteiger partial charge in [0.05, 0.1) is 12.4 Å². The normalized spacial score (nSPS) is 10.7. The van der Waals surface area contributed by atoms with Crippen LogP contribution in [-0.4, -0.2) is 16.3 Å². The molecule has 19 heavy (non-hydrogen) atoms. The zero-order valence-corrected chi connectivity index (χ0v) is 11.0. The van der Waals surface area contributed by atoms with Crippen molar-refractivity contribution in [1.29, 1.82) is 0 Å². The summed E-state index contributed by atoms with van der Waals surface area (Å²) in [6, 6.07) is 4.46. The lowest BCUT2D eigenvalue weighted by atomic mass is 10.1. The second-order valence-corrected chi connectivity index (χ2v) is 4.33. The molecule has 0 spiro atoms. The van der Waals surface area contributed by atoms with Gasteiger partial charge in [-0.3, -0.25) is 4.68 Å². The van der Waals surface area contributed by atoms with Gasteiger partial charge in [-0.05, 0) is 43.1 Å². The van der Waals surface area contributed by atoms with E-state index in [2.05, 4.69) is 12.0 Å². The smallest absolute Gasteiger partial charge is 0.165 e. The van der Waals surface area contributed by atoms with Gasteiger partial charge in [-0.15, -0.1) is 0 Å². The maximum Gasteiger partial charge on any atom is 0.165 e. The number of ether oxygens (including phenoxy) is 1. The van der Waals surface area contributed by atoms with Crippen LogP contribution in [0.15, 0.2) is 30.6 Å². The Morgan fingerprint density at radius 2 is 2.26 bits per heavy atom. The Kier molecular flexibility index (Phi) is 4.52. The van der Waals surface area contributed by atoms with Crippen LogP contribution in [0.25, 0.3) is 0 Å². The van der Waals surface area contributed by atoms with Crippen molar-refractivity contribution in [2.24, 2.45) is 5.73 Å². The number of hydrogen-bond donors (Lipinski definition) is 1. The van der Waals surface area contributed by atoms with E-state index in [1.165, 1.54) is 12.1 Å². The van der Waals surface area contributed by atoms with Crippen molar-refractivity contribution in [3.8, 4) is 11.5 Å². The molecule has 0 saturated heterocycles. The van der Waals surface area contributed by atoms with Crippen molar-refractivity contribution in [2.75, 3.05) is 6.54 Å². The number of halogens is 1. The van der Waals surface area contributed by atoms with Crippen LogP contribution in [0.5, 0.6) is 11.5 Å². The highest BCUT2D eigenvalue weighted by molar-refractivity contribution is 5.37. The molecule has 0 unspecified atom stereocenters. The average molecular weight is 263 g/mol. The molecule has 0 amide bonds. The zero-order chi connectivity index (χ0) is 13.7. The maximum absolute atomic E-state index is 13.2. The Morgan fingerprint density at radius 3 is 3.00 bits per heavy atom. The van der Waals surface area contributed by atoms with Gasteiger partial charge in [-0.25, -0.2) is 4.39 Å². The molecule has 1 aromatic heterocycles. The van der Waals surface area contributed by atoms with Crippen LogP contribution in [0.4, 0.5) is 4.39 Å². The van der Waals surface area contributed by atoms with E-state index in [4.69, 9.17) is 10.5 Å². The molecule has 0 radical (unpaired) electrons. The fourth-order valence-corrected chi connectivity index (χ4v) is 1.87. The molecule has 0 fully saturated rings. The average Bonchev–Trinajstić information content (AvgIpc) is 2.81. The Morgan fingerprint density at radius 1 is 1.42 bits per heavy atom. The van der Waals surface area contributed by atoms with E-state index >= 15 is 0 Å². The number of nitrogens with zero attached hydrogens (tertiary/aromatic N) is 2. The number of hydrogen-bond acceptors (Lipinski definition) is 3. The minimum Gasteiger partial charge on any atom is -0.454 e. The van der Waals surface area contributed by atoms with E-state index in [-0.39, 0.29) is 5.82 Å². The topological polar surface area (TPSA) is 53.1 Å². The van der Waals surface area contributed by atoms with E-state index in [1.54, 1.807) is 12.3 Å². The van der Waals surface area contributed by atoms with Gasteiger partial charge < -0.3 is 10.5 Å².